The number of rotatable bonds is 4. The van der Waals surface area contributed by atoms with Crippen LogP contribution in [0.2, 0.25) is 0 Å². The van der Waals surface area contributed by atoms with Gasteiger partial charge in [0.25, 0.3) is 0 Å². The molecule has 2 aromatic rings. The van der Waals surface area contributed by atoms with Crippen LogP contribution in [0.5, 0.6) is 0 Å². The number of nitrogens with one attached hydrogen (secondary N) is 2. The molecule has 2 saturated heterocycles. The van der Waals surface area contributed by atoms with Crippen LogP contribution in [0.15, 0.2) is 36.9 Å². The van der Waals surface area contributed by atoms with Crippen molar-refractivity contribution in [1.29, 1.82) is 0 Å². The fraction of sp³-hybridized carbons (Fsp3) is 0.444. The van der Waals surface area contributed by atoms with Gasteiger partial charge in [-0.15, -0.1) is 0 Å². The maximum atomic E-state index is 12.7. The highest BCUT2D eigenvalue weighted by molar-refractivity contribution is 6.00. The summed E-state index contributed by atoms with van der Waals surface area (Å²) >= 11 is 0. The van der Waals surface area contributed by atoms with Crippen molar-refractivity contribution in [3.63, 3.8) is 0 Å². The molecule has 4 heterocycles. The first-order valence-corrected chi connectivity index (χ1v) is 8.82. The number of amides is 2. The number of anilines is 1. The van der Waals surface area contributed by atoms with E-state index in [2.05, 4.69) is 20.5 Å². The molecule has 4 rings (SSSR count). The van der Waals surface area contributed by atoms with Crippen LogP contribution in [0, 0.1) is 5.92 Å². The smallest absolute Gasteiger partial charge is 0.227 e. The van der Waals surface area contributed by atoms with Crippen LogP contribution in [0.1, 0.15) is 30.9 Å². The van der Waals surface area contributed by atoms with Crippen LogP contribution in [-0.2, 0) is 14.3 Å². The van der Waals surface area contributed by atoms with E-state index in [0.29, 0.717) is 25.3 Å². The molecule has 0 bridgehead atoms. The maximum Gasteiger partial charge on any atom is 0.227 e. The number of pyridine rings is 1. The van der Waals surface area contributed by atoms with Gasteiger partial charge in [0.1, 0.15) is 0 Å². The zero-order valence-electron chi connectivity index (χ0n) is 14.3. The van der Waals surface area contributed by atoms with E-state index in [9.17, 15) is 9.59 Å². The van der Waals surface area contributed by atoms with E-state index in [0.717, 1.165) is 12.0 Å². The van der Waals surface area contributed by atoms with Crippen molar-refractivity contribution >= 4 is 17.5 Å². The molecule has 26 heavy (non-hydrogen) atoms. The van der Waals surface area contributed by atoms with Gasteiger partial charge >= 0.3 is 0 Å². The number of hydrogen-bond acceptors (Lipinski definition) is 5. The van der Waals surface area contributed by atoms with Gasteiger partial charge in [0.15, 0.2) is 0 Å². The molecule has 8 heteroatoms. The van der Waals surface area contributed by atoms with Crippen molar-refractivity contribution in [2.75, 3.05) is 18.1 Å². The molecule has 2 amide bonds. The van der Waals surface area contributed by atoms with Crippen molar-refractivity contribution < 1.29 is 14.3 Å². The number of H-pyrrole nitrogens is 1. The van der Waals surface area contributed by atoms with Gasteiger partial charge < -0.3 is 15.0 Å². The maximum absolute atomic E-state index is 12.7. The van der Waals surface area contributed by atoms with Crippen LogP contribution >= 0.6 is 0 Å². The molecule has 2 fully saturated rings. The molecule has 0 aliphatic carbocycles. The summed E-state index contributed by atoms with van der Waals surface area (Å²) in [5, 5.41) is 9.66. The summed E-state index contributed by atoms with van der Waals surface area (Å²) in [6.07, 6.45) is 8.44. The van der Waals surface area contributed by atoms with Crippen molar-refractivity contribution in [2.24, 2.45) is 5.92 Å². The van der Waals surface area contributed by atoms with Crippen LogP contribution in [0.25, 0.3) is 0 Å². The minimum absolute atomic E-state index is 0.0412. The first-order valence-electron chi connectivity index (χ1n) is 8.82. The summed E-state index contributed by atoms with van der Waals surface area (Å²) in [6, 6.07) is 3.91. The van der Waals surface area contributed by atoms with Crippen molar-refractivity contribution in [1.82, 2.24) is 20.5 Å². The van der Waals surface area contributed by atoms with Crippen molar-refractivity contribution in [3.8, 4) is 0 Å². The number of aromatic nitrogens is 3. The molecular weight excluding hydrogens is 334 g/mol. The highest BCUT2D eigenvalue weighted by Crippen LogP contribution is 2.29. The van der Waals surface area contributed by atoms with Gasteiger partial charge in [-0.2, -0.15) is 5.10 Å². The Hall–Kier alpha value is -2.74. The first kappa shape index (κ1) is 16.7. The van der Waals surface area contributed by atoms with Gasteiger partial charge in [-0.1, -0.05) is 6.07 Å². The van der Waals surface area contributed by atoms with E-state index >= 15 is 0 Å². The third kappa shape index (κ3) is 3.45. The van der Waals surface area contributed by atoms with E-state index in [4.69, 9.17) is 4.74 Å². The van der Waals surface area contributed by atoms with Gasteiger partial charge in [-0.05, 0) is 24.5 Å². The van der Waals surface area contributed by atoms with Crippen LogP contribution in [0.3, 0.4) is 0 Å². The van der Waals surface area contributed by atoms with E-state index in [-0.39, 0.29) is 36.3 Å². The Morgan fingerprint density at radius 2 is 2.31 bits per heavy atom. The Labute approximate surface area is 150 Å². The van der Waals surface area contributed by atoms with Crippen LogP contribution < -0.4 is 10.2 Å². The topological polar surface area (TPSA) is 100 Å². The first-order chi connectivity index (χ1) is 12.7. The molecule has 0 spiro atoms. The Balaban J connectivity index is 1.35. The second kappa shape index (κ2) is 7.25. The molecule has 136 valence electrons. The second-order valence-electron chi connectivity index (χ2n) is 6.74. The van der Waals surface area contributed by atoms with Gasteiger partial charge in [0.2, 0.25) is 11.8 Å². The average Bonchev–Trinajstić information content (AvgIpc) is 3.32. The normalized spacial score (nSPS) is 26.1. The summed E-state index contributed by atoms with van der Waals surface area (Å²) in [5.41, 5.74) is 1.72. The summed E-state index contributed by atoms with van der Waals surface area (Å²) in [7, 11) is 0. The molecule has 2 N–H and O–H groups in total. The van der Waals surface area contributed by atoms with E-state index in [1.54, 1.807) is 29.7 Å². The lowest BCUT2D eigenvalue weighted by atomic mass is 9.97. The number of carbonyl (C=O) groups excluding carboxylic acids is 2. The van der Waals surface area contributed by atoms with E-state index < -0.39 is 0 Å². The van der Waals surface area contributed by atoms with Gasteiger partial charge in [-0.3, -0.25) is 19.7 Å². The van der Waals surface area contributed by atoms with Crippen molar-refractivity contribution in [3.05, 3.63) is 42.5 Å². The van der Waals surface area contributed by atoms with Crippen LogP contribution in [0.4, 0.5) is 5.69 Å². The lowest BCUT2D eigenvalue weighted by Gasteiger charge is -2.30. The summed E-state index contributed by atoms with van der Waals surface area (Å²) in [6.45, 7) is 0.981. The molecule has 3 atom stereocenters. The van der Waals surface area contributed by atoms with Gasteiger partial charge in [0.05, 0.1) is 23.9 Å². The average molecular weight is 355 g/mol. The lowest BCUT2D eigenvalue weighted by molar-refractivity contribution is -0.127. The standard InChI is InChI=1S/C18H21N5O3/c24-17-6-13(11-23(17)15-9-20-21-10-15)18(25)22-14-3-5-26-16(7-14)12-2-1-4-19-8-12/h1-2,4,8-10,13-14,16H,3,5-7,11H2,(H,20,21)(H,22,25)/t13?,14-,16-/m1/s1. The van der Waals surface area contributed by atoms with Crippen molar-refractivity contribution in [2.45, 2.75) is 31.4 Å². The second-order valence-corrected chi connectivity index (χ2v) is 6.74. The largest absolute Gasteiger partial charge is 0.373 e. The quantitative estimate of drug-likeness (QED) is 0.858. The lowest BCUT2D eigenvalue weighted by Crippen LogP contribution is -2.43. The van der Waals surface area contributed by atoms with E-state index in [1.807, 2.05) is 12.1 Å². The monoisotopic (exact) mass is 355 g/mol. The summed E-state index contributed by atoms with van der Waals surface area (Å²) in [5.74, 6) is -0.454. The Morgan fingerprint density at radius 1 is 1.38 bits per heavy atom. The number of carbonyl (C=O) groups is 2. The predicted molar refractivity (Wildman–Crippen MR) is 93.1 cm³/mol. The third-order valence-electron chi connectivity index (χ3n) is 4.98. The van der Waals surface area contributed by atoms with Gasteiger partial charge in [0, 0.05) is 44.2 Å². The number of nitrogens with zero attached hydrogens (tertiary/aromatic N) is 3. The fourth-order valence-electron chi connectivity index (χ4n) is 3.57. The number of ether oxygens (including phenoxy) is 1. The molecule has 0 aromatic carbocycles. The molecular formula is C18H21N5O3. The minimum Gasteiger partial charge on any atom is -0.373 e. The highest BCUT2D eigenvalue weighted by atomic mass is 16.5. The summed E-state index contributed by atoms with van der Waals surface area (Å²) < 4.78 is 5.82. The Bertz CT molecular complexity index is 764. The molecule has 2 aromatic heterocycles. The molecule has 2 aliphatic heterocycles. The number of hydrogen-bond donors (Lipinski definition) is 2. The van der Waals surface area contributed by atoms with Gasteiger partial charge in [-0.25, -0.2) is 0 Å². The van der Waals surface area contributed by atoms with Crippen LogP contribution in [-0.4, -0.2) is 46.2 Å². The molecule has 0 saturated carbocycles. The highest BCUT2D eigenvalue weighted by Gasteiger charge is 2.36. The Kier molecular flexibility index (Phi) is 4.66. The summed E-state index contributed by atoms with van der Waals surface area (Å²) in [4.78, 5) is 30.6. The molecule has 8 nitrogen and oxygen atoms in total. The fourth-order valence-corrected chi connectivity index (χ4v) is 3.57. The SMILES string of the molecule is O=C(N[C@@H]1CCO[C@@H](c2cccnc2)C1)C1CC(=O)N(c2cn[nH]c2)C1. The zero-order valence-corrected chi connectivity index (χ0v) is 14.3. The minimum atomic E-state index is -0.336. The zero-order chi connectivity index (χ0) is 17.9. The molecule has 0 radical (unpaired) electrons. The molecule has 2 aliphatic rings. The molecule has 1 unspecified atom stereocenters. The Morgan fingerprint density at radius 3 is 3.08 bits per heavy atom. The predicted octanol–water partition coefficient (Wildman–Crippen LogP) is 1.19. The number of aromatic amines is 1. The third-order valence-corrected chi connectivity index (χ3v) is 4.98. The van der Waals surface area contributed by atoms with E-state index in [1.165, 1.54) is 0 Å².